The van der Waals surface area contributed by atoms with Gasteiger partial charge in [0.1, 0.15) is 0 Å². The van der Waals surface area contributed by atoms with E-state index in [0.717, 1.165) is 18.4 Å². The third-order valence-corrected chi connectivity index (χ3v) is 3.66. The second-order valence-electron chi connectivity index (χ2n) is 5.52. The lowest BCUT2D eigenvalue weighted by Gasteiger charge is -2.14. The first kappa shape index (κ1) is 13.9. The highest BCUT2D eigenvalue weighted by Crippen LogP contribution is 2.24. The van der Waals surface area contributed by atoms with Crippen molar-refractivity contribution in [3.05, 3.63) is 29.8 Å². The molecule has 0 spiro atoms. The Labute approximate surface area is 114 Å². The predicted molar refractivity (Wildman–Crippen MR) is 76.0 cm³/mol. The number of hydrogen-bond donors (Lipinski definition) is 3. The first-order valence-corrected chi connectivity index (χ1v) is 6.90. The van der Waals surface area contributed by atoms with Gasteiger partial charge in [-0.05, 0) is 49.8 Å². The van der Waals surface area contributed by atoms with Crippen molar-refractivity contribution in [3.63, 3.8) is 0 Å². The van der Waals surface area contributed by atoms with E-state index in [9.17, 15) is 9.90 Å². The van der Waals surface area contributed by atoms with Gasteiger partial charge in [0.2, 0.25) is 0 Å². The first-order chi connectivity index (χ1) is 9.04. The molecule has 19 heavy (non-hydrogen) atoms. The Bertz CT molecular complexity index is 446. The van der Waals surface area contributed by atoms with Crippen LogP contribution in [0.15, 0.2) is 24.3 Å². The van der Waals surface area contributed by atoms with E-state index in [2.05, 4.69) is 17.6 Å². The summed E-state index contributed by atoms with van der Waals surface area (Å²) in [6.45, 7) is 3.92. The Hall–Kier alpha value is -1.55. The van der Waals surface area contributed by atoms with Crippen molar-refractivity contribution in [3.8, 4) is 0 Å². The second kappa shape index (κ2) is 6.06. The molecule has 4 nitrogen and oxygen atoms in total. The fourth-order valence-electron chi connectivity index (χ4n) is 2.57. The highest BCUT2D eigenvalue weighted by Gasteiger charge is 2.22. The summed E-state index contributed by atoms with van der Waals surface area (Å²) in [5.41, 5.74) is 1.51. The number of carbonyl (C=O) groups excluding carboxylic acids is 1. The van der Waals surface area contributed by atoms with E-state index in [0.29, 0.717) is 11.6 Å². The lowest BCUT2D eigenvalue weighted by Crippen LogP contribution is -2.36. The molecule has 1 aliphatic rings. The van der Waals surface area contributed by atoms with Crippen molar-refractivity contribution >= 4 is 11.7 Å². The molecule has 3 N–H and O–H groups in total. The van der Waals surface area contributed by atoms with Gasteiger partial charge in [0.25, 0.3) is 0 Å². The molecule has 3 unspecified atom stereocenters. The van der Waals surface area contributed by atoms with Crippen molar-refractivity contribution < 1.29 is 9.90 Å². The summed E-state index contributed by atoms with van der Waals surface area (Å²) >= 11 is 0. The maximum Gasteiger partial charge on any atom is 0.319 e. The number of carbonyl (C=O) groups is 1. The Morgan fingerprint density at radius 2 is 2.21 bits per heavy atom. The number of nitrogens with one attached hydrogen (secondary N) is 2. The van der Waals surface area contributed by atoms with Gasteiger partial charge >= 0.3 is 6.03 Å². The molecule has 1 fully saturated rings. The van der Waals surface area contributed by atoms with Crippen molar-refractivity contribution in [2.75, 3.05) is 5.32 Å². The van der Waals surface area contributed by atoms with Crippen molar-refractivity contribution in [2.45, 2.75) is 45.3 Å². The monoisotopic (exact) mass is 262 g/mol. The molecule has 0 saturated heterocycles. The number of amides is 2. The fraction of sp³-hybridized carbons (Fsp3) is 0.533. The highest BCUT2D eigenvalue weighted by molar-refractivity contribution is 5.89. The fourth-order valence-corrected chi connectivity index (χ4v) is 2.57. The molecule has 0 aromatic heterocycles. The Kier molecular flexibility index (Phi) is 4.43. The SMILES string of the molecule is CC1CCC(NC(=O)Nc2cccc(C(C)O)c2)C1. The zero-order chi connectivity index (χ0) is 13.8. The number of aliphatic hydroxyl groups excluding tert-OH is 1. The van der Waals surface area contributed by atoms with Gasteiger partial charge in [-0.15, -0.1) is 0 Å². The smallest absolute Gasteiger partial charge is 0.319 e. The minimum Gasteiger partial charge on any atom is -0.389 e. The van der Waals surface area contributed by atoms with Crippen LogP contribution in [0.1, 0.15) is 44.8 Å². The number of hydrogen-bond acceptors (Lipinski definition) is 2. The summed E-state index contributed by atoms with van der Waals surface area (Å²) in [6.07, 6.45) is 2.77. The predicted octanol–water partition coefficient (Wildman–Crippen LogP) is 3.05. The lowest BCUT2D eigenvalue weighted by atomic mass is 10.1. The molecule has 0 heterocycles. The van der Waals surface area contributed by atoms with E-state index >= 15 is 0 Å². The topological polar surface area (TPSA) is 61.4 Å². The Morgan fingerprint density at radius 3 is 2.84 bits per heavy atom. The second-order valence-corrected chi connectivity index (χ2v) is 5.52. The molecule has 0 aliphatic heterocycles. The van der Waals surface area contributed by atoms with Gasteiger partial charge in [-0.25, -0.2) is 4.79 Å². The van der Waals surface area contributed by atoms with Crippen LogP contribution in [0, 0.1) is 5.92 Å². The van der Waals surface area contributed by atoms with Crippen molar-refractivity contribution in [1.29, 1.82) is 0 Å². The summed E-state index contributed by atoms with van der Waals surface area (Å²) in [5.74, 6) is 0.698. The van der Waals surface area contributed by atoms with E-state index in [1.54, 1.807) is 13.0 Å². The lowest BCUT2D eigenvalue weighted by molar-refractivity contribution is 0.199. The van der Waals surface area contributed by atoms with Gasteiger partial charge in [0.05, 0.1) is 6.10 Å². The standard InChI is InChI=1S/C15H22N2O2/c1-10-6-7-14(8-10)17-15(19)16-13-5-3-4-12(9-13)11(2)18/h3-5,9-11,14,18H,6-8H2,1-2H3,(H2,16,17,19). The minimum atomic E-state index is -0.527. The van der Waals surface area contributed by atoms with Crippen molar-refractivity contribution in [2.24, 2.45) is 5.92 Å². The summed E-state index contributed by atoms with van der Waals surface area (Å²) < 4.78 is 0. The largest absolute Gasteiger partial charge is 0.389 e. The molecule has 1 aromatic rings. The van der Waals surface area contributed by atoms with Gasteiger partial charge < -0.3 is 15.7 Å². The van der Waals surface area contributed by atoms with E-state index in [1.807, 2.05) is 18.2 Å². The average Bonchev–Trinajstić information content (AvgIpc) is 2.74. The van der Waals surface area contributed by atoms with Gasteiger partial charge in [-0.3, -0.25) is 0 Å². The van der Waals surface area contributed by atoms with Gasteiger partial charge in [-0.1, -0.05) is 19.1 Å². The molecule has 4 heteroatoms. The molecule has 1 aromatic carbocycles. The molecular formula is C15H22N2O2. The Morgan fingerprint density at radius 1 is 1.42 bits per heavy atom. The zero-order valence-electron chi connectivity index (χ0n) is 11.5. The molecule has 3 atom stereocenters. The van der Waals surface area contributed by atoms with Crippen LogP contribution in [0.2, 0.25) is 0 Å². The maximum atomic E-state index is 11.9. The minimum absolute atomic E-state index is 0.165. The molecule has 104 valence electrons. The maximum absolute atomic E-state index is 11.9. The van der Waals surface area contributed by atoms with Crippen LogP contribution < -0.4 is 10.6 Å². The van der Waals surface area contributed by atoms with Crippen LogP contribution in [-0.2, 0) is 0 Å². The third kappa shape index (κ3) is 3.96. The number of anilines is 1. The zero-order valence-corrected chi connectivity index (χ0v) is 11.5. The number of aliphatic hydroxyl groups is 1. The van der Waals surface area contributed by atoms with Gasteiger partial charge in [0, 0.05) is 11.7 Å². The van der Waals surface area contributed by atoms with Crippen LogP contribution in [0.25, 0.3) is 0 Å². The average molecular weight is 262 g/mol. The first-order valence-electron chi connectivity index (χ1n) is 6.90. The molecule has 0 bridgehead atoms. The number of urea groups is 1. The van der Waals surface area contributed by atoms with Crippen LogP contribution in [-0.4, -0.2) is 17.2 Å². The van der Waals surface area contributed by atoms with E-state index in [4.69, 9.17) is 0 Å². The normalized spacial score (nSPS) is 23.9. The molecular weight excluding hydrogens is 240 g/mol. The molecule has 2 amide bonds. The van der Waals surface area contributed by atoms with Gasteiger partial charge in [-0.2, -0.15) is 0 Å². The molecule has 1 aliphatic carbocycles. The summed E-state index contributed by atoms with van der Waals surface area (Å²) in [6, 6.07) is 7.41. The summed E-state index contributed by atoms with van der Waals surface area (Å²) in [5, 5.41) is 15.3. The molecule has 0 radical (unpaired) electrons. The molecule has 1 saturated carbocycles. The highest BCUT2D eigenvalue weighted by atomic mass is 16.3. The van der Waals surface area contributed by atoms with E-state index in [1.165, 1.54) is 6.42 Å². The van der Waals surface area contributed by atoms with Crippen LogP contribution >= 0.6 is 0 Å². The van der Waals surface area contributed by atoms with Crippen molar-refractivity contribution in [1.82, 2.24) is 5.32 Å². The van der Waals surface area contributed by atoms with Gasteiger partial charge in [0.15, 0.2) is 0 Å². The summed E-state index contributed by atoms with van der Waals surface area (Å²) in [4.78, 5) is 11.9. The van der Waals surface area contributed by atoms with Crippen LogP contribution in [0.5, 0.6) is 0 Å². The van der Waals surface area contributed by atoms with Crippen LogP contribution in [0.3, 0.4) is 0 Å². The van der Waals surface area contributed by atoms with Crippen LogP contribution in [0.4, 0.5) is 10.5 Å². The quantitative estimate of drug-likeness (QED) is 0.784. The van der Waals surface area contributed by atoms with E-state index in [-0.39, 0.29) is 12.1 Å². The number of rotatable bonds is 3. The number of benzene rings is 1. The molecule has 2 rings (SSSR count). The van der Waals surface area contributed by atoms with E-state index < -0.39 is 6.10 Å². The third-order valence-electron chi connectivity index (χ3n) is 3.66. The summed E-state index contributed by atoms with van der Waals surface area (Å²) in [7, 11) is 0. The Balaban J connectivity index is 1.90.